The Bertz CT molecular complexity index is 636. The fourth-order valence-electron chi connectivity index (χ4n) is 2.90. The number of nitrogens with zero attached hydrogens (tertiary/aromatic N) is 3. The van der Waals surface area contributed by atoms with E-state index in [2.05, 4.69) is 10.3 Å². The van der Waals surface area contributed by atoms with Crippen LogP contribution in [-0.2, 0) is 10.0 Å². The van der Waals surface area contributed by atoms with Gasteiger partial charge in [0, 0.05) is 39.1 Å². The minimum atomic E-state index is -3.16. The average Bonchev–Trinajstić information content (AvgIpc) is 3.08. The number of hydrogen-bond donors (Lipinski definition) is 1. The molecule has 8 heteroatoms. The van der Waals surface area contributed by atoms with Crippen molar-refractivity contribution in [2.75, 3.05) is 32.4 Å². The molecule has 7 nitrogen and oxygen atoms in total. The van der Waals surface area contributed by atoms with Gasteiger partial charge in [0.2, 0.25) is 10.0 Å². The Labute approximate surface area is 144 Å². The second-order valence-electron chi connectivity index (χ2n) is 5.94. The summed E-state index contributed by atoms with van der Waals surface area (Å²) in [5.41, 5.74) is 1.10. The van der Waals surface area contributed by atoms with Gasteiger partial charge < -0.3 is 10.2 Å². The molecule has 1 atom stereocenters. The molecule has 0 aliphatic carbocycles. The van der Waals surface area contributed by atoms with Crippen molar-refractivity contribution in [3.8, 4) is 0 Å². The summed E-state index contributed by atoms with van der Waals surface area (Å²) in [6.45, 7) is 3.23. The number of pyridine rings is 1. The first kappa shape index (κ1) is 18.7. The Kier molecular flexibility index (Phi) is 6.56. The zero-order valence-corrected chi connectivity index (χ0v) is 15.1. The molecule has 1 saturated heterocycles. The Morgan fingerprint density at radius 3 is 2.79 bits per heavy atom. The number of carbonyl (C=O) groups is 1. The number of rotatable bonds is 7. The van der Waals surface area contributed by atoms with Crippen molar-refractivity contribution >= 4 is 16.1 Å². The van der Waals surface area contributed by atoms with Crippen LogP contribution < -0.4 is 5.32 Å². The van der Waals surface area contributed by atoms with Crippen LogP contribution in [-0.4, -0.2) is 61.1 Å². The minimum absolute atomic E-state index is 0.0877. The van der Waals surface area contributed by atoms with Gasteiger partial charge in [0.1, 0.15) is 0 Å². The normalized spacial score (nSPS) is 18.1. The molecule has 0 radical (unpaired) electrons. The number of sulfonamides is 1. The fraction of sp³-hybridized carbons (Fsp3) is 0.625. The number of amides is 2. The van der Waals surface area contributed by atoms with Crippen molar-refractivity contribution in [3.05, 3.63) is 30.1 Å². The summed E-state index contributed by atoms with van der Waals surface area (Å²) < 4.78 is 24.7. The van der Waals surface area contributed by atoms with E-state index in [1.165, 1.54) is 4.31 Å². The lowest BCUT2D eigenvalue weighted by atomic mass is 10.1. The molecule has 1 aromatic heterocycles. The molecule has 0 saturated carbocycles. The monoisotopic (exact) mass is 354 g/mol. The van der Waals surface area contributed by atoms with Crippen molar-refractivity contribution in [1.82, 2.24) is 19.5 Å². The molecular weight excluding hydrogens is 328 g/mol. The van der Waals surface area contributed by atoms with E-state index < -0.39 is 10.0 Å². The van der Waals surface area contributed by atoms with E-state index in [1.807, 2.05) is 17.0 Å². The van der Waals surface area contributed by atoms with Crippen LogP contribution in [0.1, 0.15) is 37.8 Å². The van der Waals surface area contributed by atoms with Gasteiger partial charge in [-0.05, 0) is 43.9 Å². The molecule has 1 N–H and O–H groups in total. The van der Waals surface area contributed by atoms with Gasteiger partial charge in [-0.25, -0.2) is 17.5 Å². The highest BCUT2D eigenvalue weighted by atomic mass is 32.2. The molecule has 0 spiro atoms. The first-order valence-corrected chi connectivity index (χ1v) is 9.95. The molecule has 2 amide bonds. The van der Waals surface area contributed by atoms with Crippen LogP contribution >= 0.6 is 0 Å². The molecule has 134 valence electrons. The summed E-state index contributed by atoms with van der Waals surface area (Å²) in [6.07, 6.45) is 6.02. The predicted octanol–water partition coefficient (Wildman–Crippen LogP) is 1.60. The number of urea groups is 1. The average molecular weight is 354 g/mol. The number of aromatic nitrogens is 1. The number of carbonyl (C=O) groups excluding carboxylic acids is 1. The molecule has 0 bridgehead atoms. The van der Waals surface area contributed by atoms with Gasteiger partial charge in [-0.2, -0.15) is 0 Å². The van der Waals surface area contributed by atoms with E-state index in [0.29, 0.717) is 19.5 Å². The lowest BCUT2D eigenvalue weighted by molar-refractivity contribution is 0.192. The zero-order valence-electron chi connectivity index (χ0n) is 14.3. The molecule has 2 rings (SSSR count). The third-order valence-corrected chi connectivity index (χ3v) is 6.23. The van der Waals surface area contributed by atoms with Gasteiger partial charge >= 0.3 is 6.03 Å². The van der Waals surface area contributed by atoms with Crippen LogP contribution in [0.2, 0.25) is 0 Å². The molecule has 0 aromatic carbocycles. The van der Waals surface area contributed by atoms with E-state index in [1.54, 1.807) is 26.4 Å². The summed E-state index contributed by atoms with van der Waals surface area (Å²) in [6, 6.07) is 3.90. The first-order chi connectivity index (χ1) is 11.5. The van der Waals surface area contributed by atoms with Gasteiger partial charge in [0.25, 0.3) is 0 Å². The molecule has 2 heterocycles. The number of likely N-dealkylation sites (tertiary alicyclic amines) is 1. The molecule has 1 fully saturated rings. The lowest BCUT2D eigenvalue weighted by Crippen LogP contribution is -2.40. The Hall–Kier alpha value is -1.67. The molecule has 1 aromatic rings. The third kappa shape index (κ3) is 4.67. The maximum atomic E-state index is 12.4. The molecular formula is C16H26N4O3S. The number of nitrogens with one attached hydrogen (secondary N) is 1. The standard InChI is InChI=1S/C16H26N4O3S/c1-3-24(22,23)19(2)12-5-9-18-16(21)20-13-4-6-15(20)14-7-10-17-11-8-14/h7-8,10-11,15H,3-6,9,12-13H2,1-2H3,(H,18,21). The molecule has 1 aliphatic rings. The van der Waals surface area contributed by atoms with E-state index in [-0.39, 0.29) is 17.8 Å². The van der Waals surface area contributed by atoms with Crippen LogP contribution in [0.5, 0.6) is 0 Å². The van der Waals surface area contributed by atoms with Crippen LogP contribution in [0.3, 0.4) is 0 Å². The Morgan fingerprint density at radius 2 is 2.12 bits per heavy atom. The third-order valence-electron chi connectivity index (χ3n) is 4.37. The smallest absolute Gasteiger partial charge is 0.317 e. The van der Waals surface area contributed by atoms with E-state index in [0.717, 1.165) is 24.9 Å². The van der Waals surface area contributed by atoms with E-state index >= 15 is 0 Å². The second kappa shape index (κ2) is 8.43. The van der Waals surface area contributed by atoms with Crippen molar-refractivity contribution in [2.45, 2.75) is 32.2 Å². The van der Waals surface area contributed by atoms with E-state index in [4.69, 9.17) is 0 Å². The maximum absolute atomic E-state index is 12.4. The summed E-state index contributed by atoms with van der Waals surface area (Å²) in [7, 11) is -1.59. The van der Waals surface area contributed by atoms with Gasteiger partial charge in [0.05, 0.1) is 11.8 Å². The highest BCUT2D eigenvalue weighted by Crippen LogP contribution is 2.31. The summed E-state index contributed by atoms with van der Waals surface area (Å²) in [5.74, 6) is 0.0945. The minimum Gasteiger partial charge on any atom is -0.338 e. The Morgan fingerprint density at radius 1 is 1.42 bits per heavy atom. The summed E-state index contributed by atoms with van der Waals surface area (Å²) in [5, 5.41) is 2.90. The van der Waals surface area contributed by atoms with Gasteiger partial charge in [-0.3, -0.25) is 4.98 Å². The van der Waals surface area contributed by atoms with Crippen LogP contribution in [0.25, 0.3) is 0 Å². The van der Waals surface area contributed by atoms with Gasteiger partial charge in [-0.1, -0.05) is 0 Å². The van der Waals surface area contributed by atoms with E-state index in [9.17, 15) is 13.2 Å². The SMILES string of the molecule is CCS(=O)(=O)N(C)CCCNC(=O)N1CCCC1c1ccncc1. The molecule has 1 aliphatic heterocycles. The van der Waals surface area contributed by atoms with Gasteiger partial charge in [-0.15, -0.1) is 0 Å². The quantitative estimate of drug-likeness (QED) is 0.754. The van der Waals surface area contributed by atoms with Crippen molar-refractivity contribution in [1.29, 1.82) is 0 Å². The lowest BCUT2D eigenvalue weighted by Gasteiger charge is -2.25. The highest BCUT2D eigenvalue weighted by molar-refractivity contribution is 7.89. The topological polar surface area (TPSA) is 82.6 Å². The zero-order chi connectivity index (χ0) is 17.6. The first-order valence-electron chi connectivity index (χ1n) is 8.34. The number of hydrogen-bond acceptors (Lipinski definition) is 4. The summed E-state index contributed by atoms with van der Waals surface area (Å²) >= 11 is 0. The van der Waals surface area contributed by atoms with Crippen molar-refractivity contribution < 1.29 is 13.2 Å². The second-order valence-corrected chi connectivity index (χ2v) is 8.30. The molecule has 1 unspecified atom stereocenters. The highest BCUT2D eigenvalue weighted by Gasteiger charge is 2.29. The van der Waals surface area contributed by atoms with Crippen molar-refractivity contribution in [3.63, 3.8) is 0 Å². The Balaban J connectivity index is 1.80. The summed E-state index contributed by atoms with van der Waals surface area (Å²) in [4.78, 5) is 18.3. The van der Waals surface area contributed by atoms with Gasteiger partial charge in [0.15, 0.2) is 0 Å². The van der Waals surface area contributed by atoms with Crippen LogP contribution in [0, 0.1) is 0 Å². The fourth-order valence-corrected chi connectivity index (χ4v) is 3.75. The largest absolute Gasteiger partial charge is 0.338 e. The predicted molar refractivity (Wildman–Crippen MR) is 93.0 cm³/mol. The van der Waals surface area contributed by atoms with Crippen LogP contribution in [0.15, 0.2) is 24.5 Å². The van der Waals surface area contributed by atoms with Crippen molar-refractivity contribution in [2.24, 2.45) is 0 Å². The van der Waals surface area contributed by atoms with Crippen LogP contribution in [0.4, 0.5) is 4.79 Å². The maximum Gasteiger partial charge on any atom is 0.317 e. The molecule has 24 heavy (non-hydrogen) atoms.